The number of hydrogen-bond donors (Lipinski definition) is 1. The zero-order valence-corrected chi connectivity index (χ0v) is 12.2. The SMILES string of the molecule is COC1(C(O)Cc2cccc(C)c2)CCCCCC1. The highest BCUT2D eigenvalue weighted by molar-refractivity contribution is 5.23. The lowest BCUT2D eigenvalue weighted by molar-refractivity contribution is -0.111. The first-order valence-electron chi connectivity index (χ1n) is 7.45. The maximum absolute atomic E-state index is 10.7. The summed E-state index contributed by atoms with van der Waals surface area (Å²) in [5.41, 5.74) is 2.12. The van der Waals surface area contributed by atoms with Crippen LogP contribution in [-0.4, -0.2) is 23.9 Å². The molecule has 2 rings (SSSR count). The van der Waals surface area contributed by atoms with Gasteiger partial charge in [-0.1, -0.05) is 55.5 Å². The van der Waals surface area contributed by atoms with Crippen LogP contribution < -0.4 is 0 Å². The molecule has 0 heterocycles. The summed E-state index contributed by atoms with van der Waals surface area (Å²) in [6.45, 7) is 2.09. The smallest absolute Gasteiger partial charge is 0.0939 e. The van der Waals surface area contributed by atoms with Crippen molar-refractivity contribution in [3.8, 4) is 0 Å². The Morgan fingerprint density at radius 3 is 2.47 bits per heavy atom. The molecule has 2 heteroatoms. The lowest BCUT2D eigenvalue weighted by Gasteiger charge is -2.36. The van der Waals surface area contributed by atoms with Crippen molar-refractivity contribution >= 4 is 0 Å². The Kier molecular flexibility index (Phi) is 5.00. The molecule has 0 aromatic heterocycles. The Hall–Kier alpha value is -0.860. The van der Waals surface area contributed by atoms with Gasteiger partial charge in [0, 0.05) is 13.5 Å². The summed E-state index contributed by atoms with van der Waals surface area (Å²) < 4.78 is 5.77. The Balaban J connectivity index is 2.09. The Bertz CT molecular complexity index is 392. The number of methoxy groups -OCH3 is 1. The Morgan fingerprint density at radius 1 is 1.21 bits per heavy atom. The van der Waals surface area contributed by atoms with Gasteiger partial charge in [0.15, 0.2) is 0 Å². The lowest BCUT2D eigenvalue weighted by atomic mass is 9.84. The molecule has 2 nitrogen and oxygen atoms in total. The van der Waals surface area contributed by atoms with E-state index < -0.39 is 6.10 Å². The molecule has 0 aliphatic heterocycles. The second-order valence-electron chi connectivity index (χ2n) is 5.89. The second-order valence-corrected chi connectivity index (χ2v) is 5.89. The van der Waals surface area contributed by atoms with E-state index in [-0.39, 0.29) is 5.60 Å². The monoisotopic (exact) mass is 262 g/mol. The van der Waals surface area contributed by atoms with Crippen LogP contribution >= 0.6 is 0 Å². The van der Waals surface area contributed by atoms with Crippen LogP contribution in [0.1, 0.15) is 49.7 Å². The first-order chi connectivity index (χ1) is 9.16. The van der Waals surface area contributed by atoms with Crippen LogP contribution in [0.25, 0.3) is 0 Å². The average molecular weight is 262 g/mol. The van der Waals surface area contributed by atoms with E-state index in [9.17, 15) is 5.11 Å². The highest BCUT2D eigenvalue weighted by Crippen LogP contribution is 2.34. The topological polar surface area (TPSA) is 29.5 Å². The number of aliphatic hydroxyl groups excluding tert-OH is 1. The van der Waals surface area contributed by atoms with Gasteiger partial charge in [0.1, 0.15) is 0 Å². The fraction of sp³-hybridized carbons (Fsp3) is 0.647. The molecule has 1 N–H and O–H groups in total. The number of hydrogen-bond acceptors (Lipinski definition) is 2. The summed E-state index contributed by atoms with van der Waals surface area (Å²) in [6, 6.07) is 8.40. The van der Waals surface area contributed by atoms with Gasteiger partial charge in [-0.3, -0.25) is 0 Å². The largest absolute Gasteiger partial charge is 0.390 e. The third-order valence-corrected chi connectivity index (χ3v) is 4.48. The zero-order chi connectivity index (χ0) is 13.7. The Morgan fingerprint density at radius 2 is 1.89 bits per heavy atom. The molecule has 0 spiro atoms. The zero-order valence-electron chi connectivity index (χ0n) is 12.2. The second kappa shape index (κ2) is 6.53. The predicted octanol–water partition coefficient (Wildman–Crippen LogP) is 3.64. The van der Waals surface area contributed by atoms with Crippen molar-refractivity contribution in [1.29, 1.82) is 0 Å². The van der Waals surface area contributed by atoms with Gasteiger partial charge >= 0.3 is 0 Å². The van der Waals surface area contributed by atoms with Gasteiger partial charge in [0.05, 0.1) is 11.7 Å². The Labute approximate surface area is 116 Å². The van der Waals surface area contributed by atoms with E-state index in [1.165, 1.54) is 36.8 Å². The molecule has 0 bridgehead atoms. The van der Waals surface area contributed by atoms with Gasteiger partial charge in [-0.2, -0.15) is 0 Å². The van der Waals surface area contributed by atoms with Crippen molar-refractivity contribution in [3.63, 3.8) is 0 Å². The molecule has 1 unspecified atom stereocenters. The molecule has 1 atom stereocenters. The molecule has 106 valence electrons. The number of rotatable bonds is 4. The molecule has 1 saturated carbocycles. The molecule has 0 amide bonds. The molecular weight excluding hydrogens is 236 g/mol. The van der Waals surface area contributed by atoms with Crippen molar-refractivity contribution < 1.29 is 9.84 Å². The van der Waals surface area contributed by atoms with Crippen molar-refractivity contribution in [2.24, 2.45) is 0 Å². The summed E-state index contributed by atoms with van der Waals surface area (Å²) >= 11 is 0. The van der Waals surface area contributed by atoms with Crippen molar-refractivity contribution in [1.82, 2.24) is 0 Å². The van der Waals surface area contributed by atoms with E-state index in [1.54, 1.807) is 7.11 Å². The molecule has 19 heavy (non-hydrogen) atoms. The van der Waals surface area contributed by atoms with Gasteiger partial charge in [0.25, 0.3) is 0 Å². The molecule has 1 aliphatic carbocycles. The van der Waals surface area contributed by atoms with E-state index in [4.69, 9.17) is 4.74 Å². The van der Waals surface area contributed by atoms with Crippen LogP contribution in [0.2, 0.25) is 0 Å². The minimum atomic E-state index is -0.405. The highest BCUT2D eigenvalue weighted by atomic mass is 16.5. The lowest BCUT2D eigenvalue weighted by Crippen LogP contribution is -2.45. The number of aliphatic hydroxyl groups is 1. The summed E-state index contributed by atoms with van der Waals surface area (Å²) in [4.78, 5) is 0. The first-order valence-corrected chi connectivity index (χ1v) is 7.45. The normalized spacial score (nSPS) is 20.8. The van der Waals surface area contributed by atoms with Crippen LogP contribution in [0, 0.1) is 6.92 Å². The van der Waals surface area contributed by atoms with Crippen LogP contribution in [0.5, 0.6) is 0 Å². The highest BCUT2D eigenvalue weighted by Gasteiger charge is 2.38. The molecule has 1 aromatic rings. The molecule has 0 saturated heterocycles. The molecule has 1 aliphatic rings. The third kappa shape index (κ3) is 3.58. The summed E-state index contributed by atoms with van der Waals surface area (Å²) in [7, 11) is 1.75. The van der Waals surface area contributed by atoms with E-state index in [0.717, 1.165) is 12.8 Å². The van der Waals surface area contributed by atoms with Gasteiger partial charge in [-0.05, 0) is 25.3 Å². The van der Waals surface area contributed by atoms with E-state index >= 15 is 0 Å². The van der Waals surface area contributed by atoms with Gasteiger partial charge < -0.3 is 9.84 Å². The first kappa shape index (κ1) is 14.5. The van der Waals surface area contributed by atoms with E-state index in [1.807, 2.05) is 0 Å². The third-order valence-electron chi connectivity index (χ3n) is 4.48. The molecule has 1 fully saturated rings. The predicted molar refractivity (Wildman–Crippen MR) is 78.3 cm³/mol. The van der Waals surface area contributed by atoms with Gasteiger partial charge in [-0.25, -0.2) is 0 Å². The van der Waals surface area contributed by atoms with E-state index in [0.29, 0.717) is 6.42 Å². The molecular formula is C17H26O2. The summed E-state index contributed by atoms with van der Waals surface area (Å²) in [5, 5.41) is 10.7. The molecule has 1 aromatic carbocycles. The van der Waals surface area contributed by atoms with Gasteiger partial charge in [0.2, 0.25) is 0 Å². The quantitative estimate of drug-likeness (QED) is 0.839. The fourth-order valence-corrected chi connectivity index (χ4v) is 3.25. The standard InChI is InChI=1S/C17H26O2/c1-14-8-7-9-15(12-14)13-16(18)17(19-2)10-5-3-4-6-11-17/h7-9,12,16,18H,3-6,10-11,13H2,1-2H3. The van der Waals surface area contributed by atoms with Crippen LogP contribution in [-0.2, 0) is 11.2 Å². The van der Waals surface area contributed by atoms with Crippen molar-refractivity contribution in [2.45, 2.75) is 63.6 Å². The minimum absolute atomic E-state index is 0.333. The average Bonchev–Trinajstić information content (AvgIpc) is 2.65. The van der Waals surface area contributed by atoms with Crippen molar-refractivity contribution in [2.75, 3.05) is 7.11 Å². The van der Waals surface area contributed by atoms with Crippen LogP contribution in [0.15, 0.2) is 24.3 Å². The van der Waals surface area contributed by atoms with Gasteiger partial charge in [-0.15, -0.1) is 0 Å². The maximum Gasteiger partial charge on any atom is 0.0939 e. The van der Waals surface area contributed by atoms with Crippen molar-refractivity contribution in [3.05, 3.63) is 35.4 Å². The molecule has 0 radical (unpaired) electrons. The van der Waals surface area contributed by atoms with Crippen LogP contribution in [0.4, 0.5) is 0 Å². The fourth-order valence-electron chi connectivity index (χ4n) is 3.25. The van der Waals surface area contributed by atoms with E-state index in [2.05, 4.69) is 31.2 Å². The minimum Gasteiger partial charge on any atom is -0.390 e. The summed E-state index contributed by atoms with van der Waals surface area (Å²) in [5.74, 6) is 0. The summed E-state index contributed by atoms with van der Waals surface area (Å²) in [6.07, 6.45) is 7.11. The van der Waals surface area contributed by atoms with Crippen LogP contribution in [0.3, 0.4) is 0 Å². The number of ether oxygens (including phenoxy) is 1. The number of benzene rings is 1. The number of aryl methyl sites for hydroxylation is 1. The maximum atomic E-state index is 10.7.